The van der Waals surface area contributed by atoms with E-state index >= 15 is 0 Å². The number of hydrogen-bond donors (Lipinski definition) is 1. The number of furan rings is 1. The van der Waals surface area contributed by atoms with E-state index in [4.69, 9.17) is 4.42 Å². The van der Waals surface area contributed by atoms with Crippen molar-refractivity contribution in [3.63, 3.8) is 0 Å². The van der Waals surface area contributed by atoms with E-state index in [2.05, 4.69) is 25.2 Å². The molecular weight excluding hydrogens is 400 g/mol. The van der Waals surface area contributed by atoms with Gasteiger partial charge in [0.15, 0.2) is 0 Å². The van der Waals surface area contributed by atoms with Crippen molar-refractivity contribution in [2.45, 2.75) is 78.2 Å². The lowest BCUT2D eigenvalue weighted by molar-refractivity contribution is -0.139. The van der Waals surface area contributed by atoms with Gasteiger partial charge in [-0.05, 0) is 87.7 Å². The number of nitrogens with one attached hydrogen (secondary N) is 1. The maximum atomic E-state index is 13.5. The first-order valence-corrected chi connectivity index (χ1v) is 12.4. The Morgan fingerprint density at radius 3 is 2.69 bits per heavy atom. The third-order valence-electron chi connectivity index (χ3n) is 9.91. The summed E-state index contributed by atoms with van der Waals surface area (Å²) < 4.78 is 5.59. The number of amides is 2. The first kappa shape index (κ1) is 21.8. The molecule has 2 heterocycles. The van der Waals surface area contributed by atoms with E-state index in [0.717, 1.165) is 44.3 Å². The van der Waals surface area contributed by atoms with Crippen LogP contribution < -0.4 is 5.32 Å². The minimum atomic E-state index is -0.512. The lowest BCUT2D eigenvalue weighted by Gasteiger charge is -2.58. The van der Waals surface area contributed by atoms with Crippen LogP contribution in [0, 0.1) is 34.5 Å². The molecular formula is C27H38N2O3. The zero-order valence-electron chi connectivity index (χ0n) is 20.2. The van der Waals surface area contributed by atoms with E-state index in [1.54, 1.807) is 6.26 Å². The van der Waals surface area contributed by atoms with E-state index in [0.29, 0.717) is 24.2 Å². The van der Waals surface area contributed by atoms with E-state index in [-0.39, 0.29) is 28.6 Å². The summed E-state index contributed by atoms with van der Waals surface area (Å²) in [4.78, 5) is 27.8. The minimum Gasteiger partial charge on any atom is -0.467 e. The van der Waals surface area contributed by atoms with Crippen LogP contribution in [0.4, 0.5) is 0 Å². The quantitative estimate of drug-likeness (QED) is 0.702. The van der Waals surface area contributed by atoms with Crippen LogP contribution in [0.25, 0.3) is 0 Å². The molecule has 3 aliphatic carbocycles. The fourth-order valence-electron chi connectivity index (χ4n) is 8.10. The number of carbonyl (C=O) groups is 2. The number of carbonyl (C=O) groups excluding carboxylic acids is 2. The van der Waals surface area contributed by atoms with Crippen molar-refractivity contribution in [2.24, 2.45) is 34.5 Å². The highest BCUT2D eigenvalue weighted by Crippen LogP contribution is 2.66. The predicted octanol–water partition coefficient (Wildman–Crippen LogP) is 5.24. The molecule has 6 atom stereocenters. The molecule has 5 rings (SSSR count). The van der Waals surface area contributed by atoms with Gasteiger partial charge in [-0.3, -0.25) is 9.59 Å². The zero-order valence-corrected chi connectivity index (χ0v) is 20.2. The van der Waals surface area contributed by atoms with Gasteiger partial charge in [0, 0.05) is 30.5 Å². The highest BCUT2D eigenvalue weighted by atomic mass is 16.3. The Kier molecular flexibility index (Phi) is 4.92. The second kappa shape index (κ2) is 7.23. The van der Waals surface area contributed by atoms with Crippen LogP contribution in [-0.2, 0) is 15.1 Å². The minimum absolute atomic E-state index is 0.0442. The van der Waals surface area contributed by atoms with Crippen molar-refractivity contribution in [1.82, 2.24) is 10.2 Å². The Hall–Kier alpha value is -2.04. The maximum Gasteiger partial charge on any atom is 0.226 e. The molecule has 0 bridgehead atoms. The van der Waals surface area contributed by atoms with Crippen molar-refractivity contribution in [2.75, 3.05) is 7.05 Å². The van der Waals surface area contributed by atoms with Gasteiger partial charge < -0.3 is 14.6 Å². The molecule has 3 fully saturated rings. The van der Waals surface area contributed by atoms with Crippen LogP contribution in [0.1, 0.15) is 78.4 Å². The maximum absolute atomic E-state index is 13.5. The van der Waals surface area contributed by atoms with Crippen molar-refractivity contribution in [3.05, 3.63) is 35.9 Å². The van der Waals surface area contributed by atoms with E-state index in [1.165, 1.54) is 5.70 Å². The summed E-state index contributed by atoms with van der Waals surface area (Å²) in [5, 5.41) is 3.31. The molecule has 4 aliphatic rings. The fourth-order valence-corrected chi connectivity index (χ4v) is 8.10. The molecule has 1 saturated heterocycles. The molecule has 1 aromatic rings. The number of rotatable bonds is 3. The first-order valence-electron chi connectivity index (χ1n) is 12.4. The molecule has 2 amide bonds. The highest BCUT2D eigenvalue weighted by Gasteiger charge is 2.60. The van der Waals surface area contributed by atoms with Gasteiger partial charge in [-0.25, -0.2) is 0 Å². The average molecular weight is 439 g/mol. The molecule has 32 heavy (non-hydrogen) atoms. The summed E-state index contributed by atoms with van der Waals surface area (Å²) in [7, 11) is 1.95. The normalized spacial score (nSPS) is 39.1. The fraction of sp³-hybridized carbons (Fsp3) is 0.704. The zero-order chi connectivity index (χ0) is 22.9. The molecule has 1 aromatic heterocycles. The van der Waals surface area contributed by atoms with Gasteiger partial charge in [-0.15, -0.1) is 0 Å². The monoisotopic (exact) mass is 438 g/mol. The molecule has 174 valence electrons. The number of fused-ring (bicyclic) bond motifs is 5. The van der Waals surface area contributed by atoms with E-state index < -0.39 is 5.54 Å². The summed E-state index contributed by atoms with van der Waals surface area (Å²) in [6.07, 6.45) is 11.0. The second-order valence-electron chi connectivity index (χ2n) is 11.8. The number of likely N-dealkylation sites (tertiary alicyclic amines) is 1. The first-order chi connectivity index (χ1) is 15.1. The number of piperidine rings is 1. The Bertz CT molecular complexity index is 948. The Labute approximate surface area is 192 Å². The average Bonchev–Trinajstić information content (AvgIpc) is 3.39. The number of allylic oxidation sites excluding steroid dienone is 2. The van der Waals surface area contributed by atoms with Crippen LogP contribution in [0.3, 0.4) is 0 Å². The second-order valence-corrected chi connectivity index (χ2v) is 11.8. The molecule has 1 aliphatic heterocycles. The number of hydrogen-bond acceptors (Lipinski definition) is 3. The van der Waals surface area contributed by atoms with Crippen LogP contribution in [0.5, 0.6) is 0 Å². The Balaban J connectivity index is 1.38. The van der Waals surface area contributed by atoms with E-state index in [1.807, 2.05) is 37.9 Å². The Morgan fingerprint density at radius 2 is 1.97 bits per heavy atom. The van der Waals surface area contributed by atoms with Gasteiger partial charge in [0.2, 0.25) is 11.8 Å². The van der Waals surface area contributed by atoms with E-state index in [9.17, 15) is 9.59 Å². The number of nitrogens with zero attached hydrogens (tertiary/aromatic N) is 1. The third-order valence-corrected chi connectivity index (χ3v) is 9.91. The lowest BCUT2D eigenvalue weighted by atomic mass is 9.49. The third kappa shape index (κ3) is 3.03. The topological polar surface area (TPSA) is 62.6 Å². The summed E-state index contributed by atoms with van der Waals surface area (Å²) in [6.45, 7) is 8.81. The van der Waals surface area contributed by atoms with Crippen LogP contribution in [0.2, 0.25) is 0 Å². The molecule has 1 N–H and O–H groups in total. The molecule has 0 aromatic carbocycles. The van der Waals surface area contributed by atoms with Crippen LogP contribution in [-0.4, -0.2) is 23.8 Å². The molecule has 0 spiro atoms. The van der Waals surface area contributed by atoms with Gasteiger partial charge in [0.25, 0.3) is 0 Å². The smallest absolute Gasteiger partial charge is 0.226 e. The standard InChI is InChI=1S/C27H38N2O3/c1-25(2,22-7-6-16-32-22)28-24(31)20-10-9-18-17-8-11-21-27(4,15-13-23(30)29(21)5)19(17)12-14-26(18,20)3/h6-7,11,16-20H,8-10,12-15H2,1-5H3,(H,28,31)/t17-,18-,19-,20+,26-,27+/m0/s1. The van der Waals surface area contributed by atoms with Gasteiger partial charge >= 0.3 is 0 Å². The van der Waals surface area contributed by atoms with Crippen LogP contribution in [0.15, 0.2) is 34.6 Å². The Morgan fingerprint density at radius 1 is 1.19 bits per heavy atom. The molecule has 2 saturated carbocycles. The summed E-state index contributed by atoms with van der Waals surface area (Å²) in [5.74, 6) is 3.07. The van der Waals surface area contributed by atoms with Crippen molar-refractivity contribution in [3.8, 4) is 0 Å². The van der Waals surface area contributed by atoms with Crippen molar-refractivity contribution >= 4 is 11.8 Å². The predicted molar refractivity (Wildman–Crippen MR) is 123 cm³/mol. The highest BCUT2D eigenvalue weighted by molar-refractivity contribution is 5.81. The largest absolute Gasteiger partial charge is 0.467 e. The van der Waals surface area contributed by atoms with Gasteiger partial charge in [-0.1, -0.05) is 19.9 Å². The summed E-state index contributed by atoms with van der Waals surface area (Å²) in [5.41, 5.74) is 0.879. The molecule has 5 heteroatoms. The van der Waals surface area contributed by atoms with Crippen molar-refractivity contribution < 1.29 is 14.0 Å². The lowest BCUT2D eigenvalue weighted by Crippen LogP contribution is -2.55. The summed E-state index contributed by atoms with van der Waals surface area (Å²) in [6, 6.07) is 3.81. The van der Waals surface area contributed by atoms with Crippen LogP contribution >= 0.6 is 0 Å². The molecule has 5 nitrogen and oxygen atoms in total. The summed E-state index contributed by atoms with van der Waals surface area (Å²) >= 11 is 0. The van der Waals surface area contributed by atoms with Gasteiger partial charge in [-0.2, -0.15) is 0 Å². The van der Waals surface area contributed by atoms with Gasteiger partial charge in [0.05, 0.1) is 11.8 Å². The van der Waals surface area contributed by atoms with Gasteiger partial charge in [0.1, 0.15) is 5.76 Å². The molecule has 0 radical (unpaired) electrons. The SMILES string of the molecule is CN1C(=O)CC[C@@]2(C)C1=CC[C@H]1[C@@H]3CC[C@H](C(=O)NC(C)(C)c4ccco4)[C@@]3(C)CC[C@@H]12. The van der Waals surface area contributed by atoms with Crippen molar-refractivity contribution in [1.29, 1.82) is 0 Å². The molecule has 0 unspecified atom stereocenters.